The quantitative estimate of drug-likeness (QED) is 0.423. The van der Waals surface area contributed by atoms with Gasteiger partial charge < -0.3 is 0 Å². The molecule has 0 amide bonds. The highest BCUT2D eigenvalue weighted by atomic mass is 16.1. The number of Topliss-reactive ketones (excluding diaryl/α,β-unsaturated/α-hetero) is 1. The summed E-state index contributed by atoms with van der Waals surface area (Å²) in [6.07, 6.45) is 6.21. The zero-order chi connectivity index (χ0) is 17.8. The van der Waals surface area contributed by atoms with Gasteiger partial charge in [-0.15, -0.1) is 0 Å². The van der Waals surface area contributed by atoms with Crippen molar-refractivity contribution in [1.82, 2.24) is 0 Å². The molecule has 0 rings (SSSR count). The first-order chi connectivity index (χ1) is 9.90. The van der Waals surface area contributed by atoms with Crippen molar-refractivity contribution in [2.45, 2.75) is 108 Å². The zero-order valence-corrected chi connectivity index (χ0v) is 17.2. The molecule has 0 fully saturated rings. The summed E-state index contributed by atoms with van der Waals surface area (Å²) in [6.45, 7) is 22.5. The molecule has 0 aliphatic heterocycles. The van der Waals surface area contributed by atoms with Crippen molar-refractivity contribution in [1.29, 1.82) is 0 Å². The van der Waals surface area contributed by atoms with E-state index in [0.29, 0.717) is 5.78 Å². The molecule has 0 aromatic heterocycles. The number of carbonyl (C=O) groups is 1. The minimum atomic E-state index is -0.243. The molecule has 0 N–H and O–H groups in total. The summed E-state index contributed by atoms with van der Waals surface area (Å²) < 4.78 is 0. The largest absolute Gasteiger partial charge is 0.298 e. The van der Waals surface area contributed by atoms with Crippen molar-refractivity contribution >= 4 is 5.78 Å². The predicted molar refractivity (Wildman–Crippen MR) is 99.2 cm³/mol. The summed E-state index contributed by atoms with van der Waals surface area (Å²) in [5, 5.41) is 0. The third kappa shape index (κ3) is 3.60. The van der Waals surface area contributed by atoms with E-state index in [1.165, 1.54) is 0 Å². The van der Waals surface area contributed by atoms with Crippen LogP contribution >= 0.6 is 0 Å². The van der Waals surface area contributed by atoms with Gasteiger partial charge in [-0.2, -0.15) is 0 Å². The van der Waals surface area contributed by atoms with Crippen LogP contribution in [0.5, 0.6) is 0 Å². The second kappa shape index (κ2) is 7.49. The van der Waals surface area contributed by atoms with E-state index in [1.54, 1.807) is 0 Å². The first kappa shape index (κ1) is 21.7. The molecule has 2 unspecified atom stereocenters. The van der Waals surface area contributed by atoms with Gasteiger partial charge in [0.2, 0.25) is 0 Å². The van der Waals surface area contributed by atoms with E-state index in [0.717, 1.165) is 38.5 Å². The molecule has 0 aromatic rings. The van der Waals surface area contributed by atoms with Gasteiger partial charge in [0.15, 0.2) is 0 Å². The van der Waals surface area contributed by atoms with E-state index in [1.807, 2.05) is 0 Å². The number of carbonyl (C=O) groups excluding carboxylic acids is 1. The summed E-state index contributed by atoms with van der Waals surface area (Å²) >= 11 is 0. The third-order valence-electron chi connectivity index (χ3n) is 7.26. The van der Waals surface area contributed by atoms with E-state index in [-0.39, 0.29) is 21.7 Å². The van der Waals surface area contributed by atoms with Crippen LogP contribution in [0.2, 0.25) is 0 Å². The lowest BCUT2D eigenvalue weighted by atomic mass is 9.50. The fourth-order valence-corrected chi connectivity index (χ4v) is 3.91. The Morgan fingerprint density at radius 3 is 1.09 bits per heavy atom. The molecule has 0 aliphatic rings. The molecule has 0 spiro atoms. The molecule has 2 atom stereocenters. The Bertz CT molecular complexity index is 332. The van der Waals surface area contributed by atoms with Gasteiger partial charge in [-0.1, -0.05) is 94.9 Å². The van der Waals surface area contributed by atoms with Gasteiger partial charge in [0, 0.05) is 10.8 Å². The summed E-state index contributed by atoms with van der Waals surface area (Å²) in [5.41, 5.74) is -0.405. The fraction of sp³-hybridized carbons (Fsp3) is 0.952. The highest BCUT2D eigenvalue weighted by molar-refractivity contribution is 5.91. The Hall–Kier alpha value is -0.330. The average molecular weight is 311 g/mol. The smallest absolute Gasteiger partial charge is 0.145 e. The maximum absolute atomic E-state index is 13.9. The van der Waals surface area contributed by atoms with Gasteiger partial charge >= 0.3 is 0 Å². The molecule has 0 heterocycles. The Morgan fingerprint density at radius 2 is 0.909 bits per heavy atom. The molecule has 0 saturated heterocycles. The van der Waals surface area contributed by atoms with Crippen molar-refractivity contribution in [3.63, 3.8) is 0 Å². The first-order valence-electron chi connectivity index (χ1n) is 9.45. The van der Waals surface area contributed by atoms with E-state index in [2.05, 4.69) is 69.2 Å². The minimum absolute atomic E-state index is 0.0406. The van der Waals surface area contributed by atoms with Gasteiger partial charge in [0.1, 0.15) is 5.78 Å². The van der Waals surface area contributed by atoms with Crippen molar-refractivity contribution < 1.29 is 4.79 Å². The maximum atomic E-state index is 13.9. The zero-order valence-electron chi connectivity index (χ0n) is 17.2. The first-order valence-corrected chi connectivity index (χ1v) is 9.45. The lowest BCUT2D eigenvalue weighted by molar-refractivity contribution is -0.154. The number of rotatable bonds is 10. The van der Waals surface area contributed by atoms with Crippen molar-refractivity contribution in [3.05, 3.63) is 0 Å². The minimum Gasteiger partial charge on any atom is -0.298 e. The van der Waals surface area contributed by atoms with Gasteiger partial charge in [-0.25, -0.2) is 0 Å². The Morgan fingerprint density at radius 1 is 0.636 bits per heavy atom. The molecule has 1 heteroatoms. The summed E-state index contributed by atoms with van der Waals surface area (Å²) in [7, 11) is 0. The van der Waals surface area contributed by atoms with Crippen LogP contribution in [0.25, 0.3) is 0 Å². The number of hydrogen-bond donors (Lipinski definition) is 0. The molecule has 0 aliphatic carbocycles. The van der Waals surface area contributed by atoms with Crippen LogP contribution in [0.4, 0.5) is 0 Å². The van der Waals surface area contributed by atoms with Crippen molar-refractivity contribution in [2.75, 3.05) is 0 Å². The number of hydrogen-bond acceptors (Lipinski definition) is 1. The second-order valence-corrected chi connectivity index (χ2v) is 8.97. The average Bonchev–Trinajstić information content (AvgIpc) is 2.46. The van der Waals surface area contributed by atoms with Crippen molar-refractivity contribution in [3.8, 4) is 0 Å². The molecule has 0 bridgehead atoms. The van der Waals surface area contributed by atoms with Gasteiger partial charge in [-0.3, -0.25) is 4.79 Å². The van der Waals surface area contributed by atoms with Crippen LogP contribution in [0.15, 0.2) is 0 Å². The molecular weight excluding hydrogens is 268 g/mol. The van der Waals surface area contributed by atoms with E-state index < -0.39 is 0 Å². The second-order valence-electron chi connectivity index (χ2n) is 8.97. The molecule has 22 heavy (non-hydrogen) atoms. The molecule has 1 nitrogen and oxygen atoms in total. The highest BCUT2D eigenvalue weighted by Gasteiger charge is 2.55. The standard InChI is InChI=1S/C21H42O/c1-11-15-20(9,18(5,6)13-3)17(22)21(10,16-12-2)19(7,8)14-4/h11-16H2,1-10H3. The summed E-state index contributed by atoms with van der Waals surface area (Å²) in [6, 6.07) is 0. The van der Waals surface area contributed by atoms with Crippen LogP contribution in [0.1, 0.15) is 108 Å². The van der Waals surface area contributed by atoms with Crippen LogP contribution in [-0.2, 0) is 4.79 Å². The van der Waals surface area contributed by atoms with E-state index in [4.69, 9.17) is 0 Å². The Balaban J connectivity index is 6.08. The summed E-state index contributed by atoms with van der Waals surface area (Å²) in [4.78, 5) is 13.9. The van der Waals surface area contributed by atoms with Crippen LogP contribution in [0.3, 0.4) is 0 Å². The monoisotopic (exact) mass is 310 g/mol. The molecule has 0 saturated carbocycles. The number of ketones is 1. The lowest BCUT2D eigenvalue weighted by Gasteiger charge is -2.52. The topological polar surface area (TPSA) is 17.1 Å². The molecule has 0 aromatic carbocycles. The van der Waals surface area contributed by atoms with Crippen LogP contribution < -0.4 is 0 Å². The lowest BCUT2D eigenvalue weighted by Crippen LogP contribution is -2.53. The van der Waals surface area contributed by atoms with E-state index in [9.17, 15) is 4.79 Å². The molecule has 0 radical (unpaired) electrons. The van der Waals surface area contributed by atoms with Gasteiger partial charge in [0.25, 0.3) is 0 Å². The van der Waals surface area contributed by atoms with Gasteiger partial charge in [-0.05, 0) is 23.7 Å². The van der Waals surface area contributed by atoms with Crippen molar-refractivity contribution in [2.24, 2.45) is 21.7 Å². The van der Waals surface area contributed by atoms with Crippen LogP contribution in [-0.4, -0.2) is 5.78 Å². The molecular formula is C21H42O. The van der Waals surface area contributed by atoms with Gasteiger partial charge in [0.05, 0.1) is 0 Å². The van der Waals surface area contributed by atoms with Crippen LogP contribution in [0, 0.1) is 21.7 Å². The maximum Gasteiger partial charge on any atom is 0.145 e. The summed E-state index contributed by atoms with van der Waals surface area (Å²) in [5.74, 6) is 0.502. The predicted octanol–water partition coefficient (Wildman–Crippen LogP) is 7.04. The Kier molecular flexibility index (Phi) is 7.38. The molecule has 132 valence electrons. The SMILES string of the molecule is CCCC(C)(C(=O)C(C)(CCC)C(C)(C)CC)C(C)(C)CC. The van der Waals surface area contributed by atoms with E-state index >= 15 is 0 Å². The fourth-order valence-electron chi connectivity index (χ4n) is 3.91. The Labute approximate surface area is 140 Å². The normalized spacial score (nSPS) is 18.6. The highest BCUT2D eigenvalue weighted by Crippen LogP contribution is 2.55. The third-order valence-corrected chi connectivity index (χ3v) is 7.26.